The van der Waals surface area contributed by atoms with E-state index >= 15 is 0 Å². The van der Waals surface area contributed by atoms with Gasteiger partial charge in [0.1, 0.15) is 5.75 Å². The van der Waals surface area contributed by atoms with Gasteiger partial charge in [-0.1, -0.05) is 24.3 Å². The summed E-state index contributed by atoms with van der Waals surface area (Å²) in [6.45, 7) is 0.738. The smallest absolute Gasteiger partial charge is 0.132 e. The summed E-state index contributed by atoms with van der Waals surface area (Å²) in [4.78, 5) is 0. The summed E-state index contributed by atoms with van der Waals surface area (Å²) in [5.41, 5.74) is 8.56. The van der Waals surface area contributed by atoms with E-state index in [2.05, 4.69) is 45.6 Å². The first kappa shape index (κ1) is 13.2. The van der Waals surface area contributed by atoms with Crippen molar-refractivity contribution >= 4 is 28.3 Å². The molecule has 0 amide bonds. The van der Waals surface area contributed by atoms with E-state index in [1.54, 1.807) is 7.11 Å². The van der Waals surface area contributed by atoms with Crippen LogP contribution in [0.1, 0.15) is 5.56 Å². The summed E-state index contributed by atoms with van der Waals surface area (Å²) in [5.74, 6) is 0.912. The molecule has 94 valence electrons. The highest BCUT2D eigenvalue weighted by Gasteiger charge is 2.01. The van der Waals surface area contributed by atoms with Crippen LogP contribution in [-0.2, 0) is 6.54 Å². The van der Waals surface area contributed by atoms with Crippen LogP contribution >= 0.6 is 22.6 Å². The zero-order valence-electron chi connectivity index (χ0n) is 10.1. The molecular formula is C14H15IN2O. The third-order valence-electron chi connectivity index (χ3n) is 2.51. The number of methoxy groups -OCH3 is 1. The fraction of sp³-hybridized carbons (Fsp3) is 0.143. The van der Waals surface area contributed by atoms with Crippen molar-refractivity contribution in [3.63, 3.8) is 0 Å². The van der Waals surface area contributed by atoms with Gasteiger partial charge in [0.05, 0.1) is 10.7 Å². The number of hydrazine groups is 1. The van der Waals surface area contributed by atoms with Crippen LogP contribution in [0.2, 0.25) is 0 Å². The average molecular weight is 354 g/mol. The Morgan fingerprint density at radius 2 is 1.89 bits per heavy atom. The molecule has 0 aliphatic carbocycles. The molecule has 2 aromatic rings. The van der Waals surface area contributed by atoms with Gasteiger partial charge >= 0.3 is 0 Å². The van der Waals surface area contributed by atoms with Crippen LogP contribution in [0.25, 0.3) is 0 Å². The minimum Gasteiger partial charge on any atom is -0.496 e. The lowest BCUT2D eigenvalue weighted by Crippen LogP contribution is -2.20. The maximum atomic E-state index is 5.29. The van der Waals surface area contributed by atoms with Gasteiger partial charge in [-0.3, -0.25) is 0 Å². The van der Waals surface area contributed by atoms with Gasteiger partial charge in [-0.05, 0) is 52.4 Å². The van der Waals surface area contributed by atoms with Crippen LogP contribution in [0.4, 0.5) is 5.69 Å². The van der Waals surface area contributed by atoms with Gasteiger partial charge in [-0.15, -0.1) is 0 Å². The summed E-state index contributed by atoms with van der Waals surface area (Å²) in [6.07, 6.45) is 0. The molecule has 0 aliphatic rings. The number of ether oxygens (including phenoxy) is 1. The summed E-state index contributed by atoms with van der Waals surface area (Å²) in [7, 11) is 1.69. The van der Waals surface area contributed by atoms with Crippen molar-refractivity contribution in [3.8, 4) is 5.75 Å². The highest BCUT2D eigenvalue weighted by Crippen LogP contribution is 2.21. The Bertz CT molecular complexity index is 502. The normalized spacial score (nSPS) is 10.1. The van der Waals surface area contributed by atoms with Crippen molar-refractivity contribution in [1.82, 2.24) is 5.43 Å². The first-order chi connectivity index (χ1) is 8.79. The second-order valence-electron chi connectivity index (χ2n) is 3.81. The van der Waals surface area contributed by atoms with Gasteiger partial charge < -0.3 is 10.2 Å². The minimum atomic E-state index is 0.738. The quantitative estimate of drug-likeness (QED) is 0.638. The molecule has 2 N–H and O–H groups in total. The SMILES string of the molecule is COc1cc(CNNc2ccccc2)ccc1I. The van der Waals surface area contributed by atoms with Gasteiger partial charge in [-0.25, -0.2) is 5.43 Å². The van der Waals surface area contributed by atoms with Crippen molar-refractivity contribution < 1.29 is 4.74 Å². The lowest BCUT2D eigenvalue weighted by Gasteiger charge is -2.10. The van der Waals surface area contributed by atoms with Gasteiger partial charge in [0.2, 0.25) is 0 Å². The fourth-order valence-corrected chi connectivity index (χ4v) is 2.14. The zero-order chi connectivity index (χ0) is 12.8. The van der Waals surface area contributed by atoms with E-state index in [-0.39, 0.29) is 0 Å². The Morgan fingerprint density at radius 1 is 1.11 bits per heavy atom. The average Bonchev–Trinajstić information content (AvgIpc) is 2.42. The topological polar surface area (TPSA) is 33.3 Å². The molecule has 0 fully saturated rings. The Balaban J connectivity index is 1.91. The molecule has 0 atom stereocenters. The van der Waals surface area contributed by atoms with Crippen LogP contribution in [0.3, 0.4) is 0 Å². The number of nitrogens with one attached hydrogen (secondary N) is 2. The summed E-state index contributed by atoms with van der Waals surface area (Å²) in [5, 5.41) is 0. The molecule has 0 bridgehead atoms. The Labute approximate surface area is 121 Å². The maximum Gasteiger partial charge on any atom is 0.132 e. The summed E-state index contributed by atoms with van der Waals surface area (Å²) < 4.78 is 6.41. The number of anilines is 1. The van der Waals surface area contributed by atoms with Gasteiger partial charge in [0.15, 0.2) is 0 Å². The molecule has 0 heterocycles. The molecule has 0 spiro atoms. The first-order valence-corrected chi connectivity index (χ1v) is 6.74. The van der Waals surface area contributed by atoms with Gasteiger partial charge in [-0.2, -0.15) is 0 Å². The highest BCUT2D eigenvalue weighted by molar-refractivity contribution is 14.1. The van der Waals surface area contributed by atoms with Crippen LogP contribution in [0.5, 0.6) is 5.75 Å². The standard InChI is InChI=1S/C14H15IN2O/c1-18-14-9-11(7-8-13(14)15)10-16-17-12-5-3-2-4-6-12/h2-9,16-17H,10H2,1H3. The van der Waals surface area contributed by atoms with Crippen LogP contribution in [0, 0.1) is 3.57 Å². The monoisotopic (exact) mass is 354 g/mol. The molecule has 0 aromatic heterocycles. The Morgan fingerprint density at radius 3 is 2.61 bits per heavy atom. The van der Waals surface area contributed by atoms with Gasteiger partial charge in [0, 0.05) is 12.2 Å². The molecule has 0 unspecified atom stereocenters. The predicted molar refractivity (Wildman–Crippen MR) is 82.6 cm³/mol. The van der Waals surface area contributed by atoms with Crippen molar-refractivity contribution in [2.75, 3.05) is 12.5 Å². The summed E-state index contributed by atoms with van der Waals surface area (Å²) >= 11 is 2.26. The molecule has 3 nitrogen and oxygen atoms in total. The number of para-hydroxylation sites is 1. The van der Waals surface area contributed by atoms with E-state index in [9.17, 15) is 0 Å². The number of halogens is 1. The largest absolute Gasteiger partial charge is 0.496 e. The Kier molecular flexibility index (Phi) is 4.83. The van der Waals surface area contributed by atoms with Crippen molar-refractivity contribution in [1.29, 1.82) is 0 Å². The van der Waals surface area contributed by atoms with E-state index < -0.39 is 0 Å². The molecule has 0 saturated heterocycles. The molecule has 18 heavy (non-hydrogen) atoms. The molecule has 2 rings (SSSR count). The fourth-order valence-electron chi connectivity index (χ4n) is 1.58. The number of rotatable bonds is 5. The van der Waals surface area contributed by atoms with Crippen molar-refractivity contribution in [3.05, 3.63) is 57.7 Å². The molecule has 0 radical (unpaired) electrons. The lowest BCUT2D eigenvalue weighted by atomic mass is 10.2. The summed E-state index contributed by atoms with van der Waals surface area (Å²) in [6, 6.07) is 16.2. The van der Waals surface area contributed by atoms with Crippen molar-refractivity contribution in [2.24, 2.45) is 0 Å². The number of benzene rings is 2. The second kappa shape index (κ2) is 6.61. The molecular weight excluding hydrogens is 339 g/mol. The Hall–Kier alpha value is -1.27. The minimum absolute atomic E-state index is 0.738. The van der Waals surface area contributed by atoms with E-state index in [1.807, 2.05) is 36.4 Å². The van der Waals surface area contributed by atoms with Crippen LogP contribution in [0.15, 0.2) is 48.5 Å². The third kappa shape index (κ3) is 3.61. The predicted octanol–water partition coefficient (Wildman–Crippen LogP) is 3.42. The second-order valence-corrected chi connectivity index (χ2v) is 4.98. The van der Waals surface area contributed by atoms with Crippen molar-refractivity contribution in [2.45, 2.75) is 6.54 Å². The lowest BCUT2D eigenvalue weighted by molar-refractivity contribution is 0.411. The van der Waals surface area contributed by atoms with Crippen LogP contribution < -0.4 is 15.6 Å². The number of hydrogen-bond acceptors (Lipinski definition) is 3. The van der Waals surface area contributed by atoms with Crippen LogP contribution in [-0.4, -0.2) is 7.11 Å². The first-order valence-electron chi connectivity index (χ1n) is 5.66. The molecule has 0 saturated carbocycles. The zero-order valence-corrected chi connectivity index (χ0v) is 12.3. The van der Waals surface area contributed by atoms with Gasteiger partial charge in [0.25, 0.3) is 0 Å². The molecule has 4 heteroatoms. The number of hydrogen-bond donors (Lipinski definition) is 2. The van der Waals surface area contributed by atoms with E-state index in [4.69, 9.17) is 4.74 Å². The van der Waals surface area contributed by atoms with E-state index in [1.165, 1.54) is 5.56 Å². The highest BCUT2D eigenvalue weighted by atomic mass is 127. The molecule has 2 aromatic carbocycles. The van der Waals surface area contributed by atoms with E-state index in [0.29, 0.717) is 0 Å². The molecule has 0 aliphatic heterocycles. The van der Waals surface area contributed by atoms with E-state index in [0.717, 1.165) is 21.6 Å². The third-order valence-corrected chi connectivity index (χ3v) is 3.41. The maximum absolute atomic E-state index is 5.29.